The van der Waals surface area contributed by atoms with Crippen molar-refractivity contribution in [3.63, 3.8) is 0 Å². The Kier molecular flexibility index (Phi) is 11.4. The van der Waals surface area contributed by atoms with Gasteiger partial charge in [0.15, 0.2) is 11.2 Å². The maximum atomic E-state index is 12.3. The minimum Gasteiger partial charge on any atom is -0.493 e. The Morgan fingerprint density at radius 3 is 1.54 bits per heavy atom. The van der Waals surface area contributed by atoms with Gasteiger partial charge >= 0.3 is 24.1 Å². The van der Waals surface area contributed by atoms with E-state index in [9.17, 15) is 9.59 Å². The van der Waals surface area contributed by atoms with Gasteiger partial charge in [0.05, 0.1) is 13.2 Å². The lowest BCUT2D eigenvalue weighted by Gasteiger charge is -2.05. The fourth-order valence-corrected chi connectivity index (χ4v) is 4.15. The van der Waals surface area contributed by atoms with Crippen molar-refractivity contribution in [2.45, 2.75) is 84.5 Å². The molecule has 4 rings (SSSR count). The predicted octanol–water partition coefficient (Wildman–Crippen LogP) is 7.57. The van der Waals surface area contributed by atoms with Gasteiger partial charge in [-0.3, -0.25) is 9.59 Å². The van der Waals surface area contributed by atoms with Gasteiger partial charge < -0.3 is 27.8 Å². The van der Waals surface area contributed by atoms with Crippen LogP contribution in [0.25, 0.3) is 22.2 Å². The van der Waals surface area contributed by atoms with Crippen LogP contribution in [0.15, 0.2) is 45.2 Å². The quantitative estimate of drug-likeness (QED) is 0.0879. The third-order valence-corrected chi connectivity index (χ3v) is 6.38. The van der Waals surface area contributed by atoms with Crippen molar-refractivity contribution < 1.29 is 37.4 Å². The maximum Gasteiger partial charge on any atom is 0.402 e. The van der Waals surface area contributed by atoms with E-state index in [1.807, 2.05) is 0 Å². The molecule has 0 unspecified atom stereocenters. The summed E-state index contributed by atoms with van der Waals surface area (Å²) in [5, 5.41) is 0. The first-order valence-electron chi connectivity index (χ1n) is 14.5. The minimum atomic E-state index is -0.569. The molecule has 4 aromatic rings. The Balaban J connectivity index is 1.18. The molecule has 0 atom stereocenters. The number of carbonyl (C=O) groups is 2. The van der Waals surface area contributed by atoms with Crippen LogP contribution in [0.2, 0.25) is 0 Å². The van der Waals surface area contributed by atoms with Crippen molar-refractivity contribution in [3.8, 4) is 23.7 Å². The lowest BCUT2D eigenvalue weighted by atomic mass is 10.2. The highest BCUT2D eigenvalue weighted by atomic mass is 16.6. The molecular weight excluding hydrogens is 528 g/mol. The first-order chi connectivity index (χ1) is 20.0. The van der Waals surface area contributed by atoms with Crippen molar-refractivity contribution in [1.82, 2.24) is 9.97 Å². The van der Waals surface area contributed by atoms with Crippen LogP contribution in [-0.2, 0) is 9.59 Å². The summed E-state index contributed by atoms with van der Waals surface area (Å²) < 4.78 is 33.0. The molecule has 0 aliphatic carbocycles. The molecule has 2 aromatic carbocycles. The van der Waals surface area contributed by atoms with E-state index in [1.54, 1.807) is 36.4 Å². The van der Waals surface area contributed by atoms with Crippen LogP contribution in [0, 0.1) is 0 Å². The summed E-state index contributed by atoms with van der Waals surface area (Å²) in [5.41, 5.74) is 2.04. The van der Waals surface area contributed by atoms with E-state index in [2.05, 4.69) is 23.8 Å². The van der Waals surface area contributed by atoms with E-state index in [4.69, 9.17) is 27.8 Å². The number of hydrogen-bond acceptors (Lipinski definition) is 10. The van der Waals surface area contributed by atoms with E-state index in [0.29, 0.717) is 46.9 Å². The predicted molar refractivity (Wildman–Crippen MR) is 152 cm³/mol. The second kappa shape index (κ2) is 15.6. The van der Waals surface area contributed by atoms with E-state index in [0.717, 1.165) is 25.7 Å². The highest BCUT2D eigenvalue weighted by Gasteiger charge is 2.16. The van der Waals surface area contributed by atoms with E-state index in [1.165, 1.54) is 25.7 Å². The number of ether oxygens (including phenoxy) is 4. The summed E-state index contributed by atoms with van der Waals surface area (Å²) in [5.74, 6) is 0.209. The highest BCUT2D eigenvalue weighted by Crippen LogP contribution is 2.27. The molecule has 10 heteroatoms. The number of rotatable bonds is 18. The van der Waals surface area contributed by atoms with Gasteiger partial charge in [-0.05, 0) is 43.5 Å². The zero-order valence-corrected chi connectivity index (χ0v) is 23.8. The summed E-state index contributed by atoms with van der Waals surface area (Å²) in [7, 11) is 0. The number of benzene rings is 2. The monoisotopic (exact) mass is 566 g/mol. The largest absolute Gasteiger partial charge is 0.493 e. The molecule has 2 heterocycles. The number of aromatic nitrogens is 2. The van der Waals surface area contributed by atoms with Gasteiger partial charge in [-0.2, -0.15) is 9.97 Å². The molecule has 0 saturated carbocycles. The molecule has 220 valence electrons. The van der Waals surface area contributed by atoms with Crippen molar-refractivity contribution in [2.75, 3.05) is 13.2 Å². The van der Waals surface area contributed by atoms with Gasteiger partial charge in [-0.15, -0.1) is 0 Å². The van der Waals surface area contributed by atoms with E-state index < -0.39 is 11.9 Å². The van der Waals surface area contributed by atoms with Crippen LogP contribution in [-0.4, -0.2) is 35.1 Å². The average molecular weight is 567 g/mol. The number of hydrogen-bond donors (Lipinski definition) is 0. The lowest BCUT2D eigenvalue weighted by Crippen LogP contribution is -2.11. The Bertz CT molecular complexity index is 1300. The first-order valence-corrected chi connectivity index (χ1v) is 14.5. The van der Waals surface area contributed by atoms with E-state index in [-0.39, 0.29) is 31.4 Å². The normalized spacial score (nSPS) is 11.2. The maximum absolute atomic E-state index is 12.3. The number of nitrogens with zero attached hydrogens (tertiary/aromatic N) is 2. The average Bonchev–Trinajstić information content (AvgIpc) is 3.54. The number of oxazole rings is 2. The Hall–Kier alpha value is -4.08. The topological polar surface area (TPSA) is 123 Å². The second-order valence-electron chi connectivity index (χ2n) is 9.84. The van der Waals surface area contributed by atoms with Crippen LogP contribution >= 0.6 is 0 Å². The smallest absolute Gasteiger partial charge is 0.402 e. The first kappa shape index (κ1) is 29.9. The molecule has 0 N–H and O–H groups in total. The Morgan fingerprint density at radius 2 is 1.10 bits per heavy atom. The molecule has 2 aromatic heterocycles. The standard InChI is InChI=1S/C31H38N2O8/c1-3-5-7-9-18-36-22-14-16-24-26(20-22)38-30(32-24)40-28(34)12-11-13-29(35)41-31-33-25-17-15-23(21-27(25)39-31)37-19-10-8-6-4-2/h14-17,20-21H,3-13,18-19H2,1-2H3. The number of fused-ring (bicyclic) bond motifs is 2. The molecule has 0 spiro atoms. The fraction of sp³-hybridized carbons (Fsp3) is 0.484. The minimum absolute atomic E-state index is 0.0214. The lowest BCUT2D eigenvalue weighted by molar-refractivity contribution is -0.137. The fourth-order valence-electron chi connectivity index (χ4n) is 4.15. The van der Waals surface area contributed by atoms with Crippen LogP contribution in [0.5, 0.6) is 23.7 Å². The summed E-state index contributed by atoms with van der Waals surface area (Å²) in [4.78, 5) is 32.9. The Labute approximate surface area is 239 Å². The molecule has 0 radical (unpaired) electrons. The molecule has 0 fully saturated rings. The molecule has 0 amide bonds. The number of esters is 2. The molecule has 41 heavy (non-hydrogen) atoms. The van der Waals surface area contributed by atoms with Crippen LogP contribution in [0.1, 0.15) is 84.5 Å². The number of carbonyl (C=O) groups excluding carboxylic acids is 2. The SMILES string of the molecule is CCCCCCOc1ccc2nc(OC(=O)CCCC(=O)Oc3nc4ccc(OCCCCCC)cc4o3)oc2c1. The van der Waals surface area contributed by atoms with Gasteiger partial charge in [0, 0.05) is 25.0 Å². The second-order valence-corrected chi connectivity index (χ2v) is 9.84. The summed E-state index contributed by atoms with van der Waals surface area (Å²) in [6.07, 6.45) is 8.83. The zero-order chi connectivity index (χ0) is 28.9. The van der Waals surface area contributed by atoms with Crippen LogP contribution in [0.3, 0.4) is 0 Å². The van der Waals surface area contributed by atoms with Crippen LogP contribution in [0.4, 0.5) is 0 Å². The molecule has 10 nitrogen and oxygen atoms in total. The van der Waals surface area contributed by atoms with Crippen molar-refractivity contribution in [3.05, 3.63) is 36.4 Å². The molecular formula is C31H38N2O8. The molecule has 0 saturated heterocycles. The van der Waals surface area contributed by atoms with Crippen molar-refractivity contribution in [1.29, 1.82) is 0 Å². The van der Waals surface area contributed by atoms with Gasteiger partial charge in [-0.25, -0.2) is 0 Å². The third kappa shape index (κ3) is 9.51. The van der Waals surface area contributed by atoms with Crippen LogP contribution < -0.4 is 18.9 Å². The van der Waals surface area contributed by atoms with Gasteiger partial charge in [0.1, 0.15) is 22.5 Å². The summed E-state index contributed by atoms with van der Waals surface area (Å²) in [6, 6.07) is 10.6. The highest BCUT2D eigenvalue weighted by molar-refractivity contribution is 5.78. The van der Waals surface area contributed by atoms with Gasteiger partial charge in [-0.1, -0.05) is 52.4 Å². The third-order valence-electron chi connectivity index (χ3n) is 6.38. The summed E-state index contributed by atoms with van der Waals surface area (Å²) in [6.45, 7) is 5.59. The van der Waals surface area contributed by atoms with Gasteiger partial charge in [0.25, 0.3) is 0 Å². The Morgan fingerprint density at radius 1 is 0.634 bits per heavy atom. The van der Waals surface area contributed by atoms with E-state index >= 15 is 0 Å². The molecule has 0 aliphatic rings. The summed E-state index contributed by atoms with van der Waals surface area (Å²) >= 11 is 0. The molecule has 0 aliphatic heterocycles. The van der Waals surface area contributed by atoms with Gasteiger partial charge in [0.2, 0.25) is 0 Å². The zero-order valence-electron chi connectivity index (χ0n) is 23.8. The number of unbranched alkanes of at least 4 members (excludes halogenated alkanes) is 6. The van der Waals surface area contributed by atoms with Crippen molar-refractivity contribution in [2.24, 2.45) is 0 Å². The molecule has 0 bridgehead atoms. The van der Waals surface area contributed by atoms with Crippen molar-refractivity contribution >= 4 is 34.1 Å².